The highest BCUT2D eigenvalue weighted by molar-refractivity contribution is 5.33. The lowest BCUT2D eigenvalue weighted by Crippen LogP contribution is -2.24. The standard InChI is InChI=1S/C12H17NO/c1-12(7-8-13-9-12)10-3-5-11(14-2)6-4-10/h3-6,13H,7-9H2,1-2H3/t12-/m1/s1. The molecule has 0 aromatic heterocycles. The fourth-order valence-electron chi connectivity index (χ4n) is 2.06. The summed E-state index contributed by atoms with van der Waals surface area (Å²) >= 11 is 0. The van der Waals surface area contributed by atoms with Crippen molar-refractivity contribution in [1.29, 1.82) is 0 Å². The quantitative estimate of drug-likeness (QED) is 0.771. The van der Waals surface area contributed by atoms with Gasteiger partial charge < -0.3 is 10.1 Å². The molecule has 0 saturated carbocycles. The maximum atomic E-state index is 5.15. The molecule has 2 heteroatoms. The average Bonchev–Trinajstić information content (AvgIpc) is 2.67. The molecule has 2 nitrogen and oxygen atoms in total. The Morgan fingerprint density at radius 3 is 2.50 bits per heavy atom. The Morgan fingerprint density at radius 1 is 1.29 bits per heavy atom. The van der Waals surface area contributed by atoms with E-state index in [0.29, 0.717) is 5.41 Å². The zero-order valence-corrected chi connectivity index (χ0v) is 8.84. The van der Waals surface area contributed by atoms with E-state index in [9.17, 15) is 0 Å². The smallest absolute Gasteiger partial charge is 0.118 e. The highest BCUT2D eigenvalue weighted by Gasteiger charge is 2.29. The van der Waals surface area contributed by atoms with Crippen molar-refractivity contribution in [3.8, 4) is 5.75 Å². The largest absolute Gasteiger partial charge is 0.497 e. The van der Waals surface area contributed by atoms with Gasteiger partial charge in [-0.1, -0.05) is 19.1 Å². The van der Waals surface area contributed by atoms with Gasteiger partial charge >= 0.3 is 0 Å². The topological polar surface area (TPSA) is 21.3 Å². The second-order valence-corrected chi connectivity index (χ2v) is 4.22. The molecule has 1 N–H and O–H groups in total. The van der Waals surface area contributed by atoms with Crippen molar-refractivity contribution in [2.24, 2.45) is 0 Å². The molecule has 0 bridgehead atoms. The minimum absolute atomic E-state index is 0.312. The predicted octanol–water partition coefficient (Wildman–Crippen LogP) is 1.95. The predicted molar refractivity (Wildman–Crippen MR) is 57.8 cm³/mol. The molecular weight excluding hydrogens is 174 g/mol. The third-order valence-corrected chi connectivity index (χ3v) is 3.16. The average molecular weight is 191 g/mol. The molecule has 0 radical (unpaired) electrons. The van der Waals surface area contributed by atoms with Crippen molar-refractivity contribution in [2.75, 3.05) is 20.2 Å². The fraction of sp³-hybridized carbons (Fsp3) is 0.500. The van der Waals surface area contributed by atoms with Crippen LogP contribution in [0.25, 0.3) is 0 Å². The van der Waals surface area contributed by atoms with Crippen molar-refractivity contribution in [2.45, 2.75) is 18.8 Å². The highest BCUT2D eigenvalue weighted by atomic mass is 16.5. The molecule has 1 aliphatic heterocycles. The van der Waals surface area contributed by atoms with Gasteiger partial charge in [0.05, 0.1) is 7.11 Å². The molecule has 1 atom stereocenters. The Balaban J connectivity index is 2.23. The lowest BCUT2D eigenvalue weighted by atomic mass is 9.82. The van der Waals surface area contributed by atoms with Crippen molar-refractivity contribution < 1.29 is 4.74 Å². The molecular formula is C12H17NO. The normalized spacial score (nSPS) is 26.4. The van der Waals surface area contributed by atoms with Crippen molar-refractivity contribution >= 4 is 0 Å². The Bertz CT molecular complexity index is 299. The maximum absolute atomic E-state index is 5.15. The Labute approximate surface area is 85.3 Å². The number of hydrogen-bond donors (Lipinski definition) is 1. The number of hydrogen-bond acceptors (Lipinski definition) is 2. The molecule has 1 fully saturated rings. The van der Waals surface area contributed by atoms with Gasteiger partial charge in [-0.2, -0.15) is 0 Å². The molecule has 76 valence electrons. The van der Waals surface area contributed by atoms with Crippen molar-refractivity contribution in [1.82, 2.24) is 5.32 Å². The Morgan fingerprint density at radius 2 is 2.00 bits per heavy atom. The van der Waals surface area contributed by atoms with Crippen LogP contribution in [0.5, 0.6) is 5.75 Å². The van der Waals surface area contributed by atoms with Gasteiger partial charge in [-0.15, -0.1) is 0 Å². The summed E-state index contributed by atoms with van der Waals surface area (Å²) in [7, 11) is 1.70. The van der Waals surface area contributed by atoms with Gasteiger partial charge in [0.2, 0.25) is 0 Å². The second kappa shape index (κ2) is 3.62. The van der Waals surface area contributed by atoms with Crippen LogP contribution in [-0.2, 0) is 5.41 Å². The van der Waals surface area contributed by atoms with Crippen molar-refractivity contribution in [3.05, 3.63) is 29.8 Å². The van der Waals surface area contributed by atoms with E-state index in [1.165, 1.54) is 12.0 Å². The number of nitrogens with one attached hydrogen (secondary N) is 1. The van der Waals surface area contributed by atoms with E-state index in [1.54, 1.807) is 7.11 Å². The molecule has 0 unspecified atom stereocenters. The van der Waals surface area contributed by atoms with Crippen LogP contribution in [0.4, 0.5) is 0 Å². The fourth-order valence-corrected chi connectivity index (χ4v) is 2.06. The first-order valence-corrected chi connectivity index (χ1v) is 5.10. The van der Waals surface area contributed by atoms with Crippen LogP contribution in [-0.4, -0.2) is 20.2 Å². The second-order valence-electron chi connectivity index (χ2n) is 4.22. The van der Waals surface area contributed by atoms with Gasteiger partial charge in [-0.3, -0.25) is 0 Å². The number of rotatable bonds is 2. The zero-order valence-electron chi connectivity index (χ0n) is 8.84. The van der Waals surface area contributed by atoms with E-state index in [2.05, 4.69) is 24.4 Å². The molecule has 2 rings (SSSR count). The van der Waals surface area contributed by atoms with Crippen LogP contribution < -0.4 is 10.1 Å². The van der Waals surface area contributed by atoms with E-state index >= 15 is 0 Å². The third kappa shape index (κ3) is 1.62. The monoisotopic (exact) mass is 191 g/mol. The zero-order chi connectivity index (χ0) is 10.0. The SMILES string of the molecule is COc1ccc([C@]2(C)CCNC2)cc1. The third-order valence-electron chi connectivity index (χ3n) is 3.16. The Kier molecular flexibility index (Phi) is 2.46. The summed E-state index contributed by atoms with van der Waals surface area (Å²) in [5.41, 5.74) is 1.72. The molecule has 0 amide bonds. The van der Waals surface area contributed by atoms with Gasteiger partial charge in [0, 0.05) is 12.0 Å². The summed E-state index contributed by atoms with van der Waals surface area (Å²) < 4.78 is 5.15. The molecule has 1 saturated heterocycles. The molecule has 1 aromatic carbocycles. The van der Waals surface area contributed by atoms with Gasteiger partial charge in [0.1, 0.15) is 5.75 Å². The van der Waals surface area contributed by atoms with E-state index in [-0.39, 0.29) is 0 Å². The lowest BCUT2D eigenvalue weighted by molar-refractivity contribution is 0.414. The molecule has 0 spiro atoms. The summed E-state index contributed by atoms with van der Waals surface area (Å²) in [5, 5.41) is 3.41. The highest BCUT2D eigenvalue weighted by Crippen LogP contribution is 2.30. The maximum Gasteiger partial charge on any atom is 0.118 e. The van der Waals surface area contributed by atoms with Crippen LogP contribution in [0.2, 0.25) is 0 Å². The summed E-state index contributed by atoms with van der Waals surface area (Å²) in [6.07, 6.45) is 1.22. The van der Waals surface area contributed by atoms with Gasteiger partial charge in [0.25, 0.3) is 0 Å². The summed E-state index contributed by atoms with van der Waals surface area (Å²) in [6.45, 7) is 4.52. The van der Waals surface area contributed by atoms with Gasteiger partial charge in [-0.05, 0) is 30.7 Å². The van der Waals surface area contributed by atoms with Gasteiger partial charge in [-0.25, -0.2) is 0 Å². The molecule has 1 aliphatic rings. The lowest BCUT2D eigenvalue weighted by Gasteiger charge is -2.23. The van der Waals surface area contributed by atoms with E-state index < -0.39 is 0 Å². The summed E-state index contributed by atoms with van der Waals surface area (Å²) in [5.74, 6) is 0.934. The summed E-state index contributed by atoms with van der Waals surface area (Å²) in [4.78, 5) is 0. The first-order chi connectivity index (χ1) is 6.74. The number of methoxy groups -OCH3 is 1. The number of ether oxygens (including phenoxy) is 1. The van der Waals surface area contributed by atoms with Crippen molar-refractivity contribution in [3.63, 3.8) is 0 Å². The molecule has 0 aliphatic carbocycles. The molecule has 1 heterocycles. The van der Waals surface area contributed by atoms with Crippen LogP contribution in [0.1, 0.15) is 18.9 Å². The molecule has 1 aromatic rings. The number of benzene rings is 1. The van der Waals surface area contributed by atoms with E-state index in [1.807, 2.05) is 12.1 Å². The van der Waals surface area contributed by atoms with Crippen LogP contribution in [0.3, 0.4) is 0 Å². The first kappa shape index (κ1) is 9.53. The van der Waals surface area contributed by atoms with Crippen LogP contribution in [0, 0.1) is 0 Å². The Hall–Kier alpha value is -1.02. The van der Waals surface area contributed by atoms with Crippen LogP contribution >= 0.6 is 0 Å². The minimum atomic E-state index is 0.312. The van der Waals surface area contributed by atoms with Crippen LogP contribution in [0.15, 0.2) is 24.3 Å². The van der Waals surface area contributed by atoms with Gasteiger partial charge in [0.15, 0.2) is 0 Å². The minimum Gasteiger partial charge on any atom is -0.497 e. The first-order valence-electron chi connectivity index (χ1n) is 5.10. The van der Waals surface area contributed by atoms with E-state index in [0.717, 1.165) is 18.8 Å². The van der Waals surface area contributed by atoms with E-state index in [4.69, 9.17) is 4.74 Å². The molecule has 14 heavy (non-hydrogen) atoms. The summed E-state index contributed by atoms with van der Waals surface area (Å²) in [6, 6.07) is 8.43.